The summed E-state index contributed by atoms with van der Waals surface area (Å²) in [5.74, 6) is 2.22. The highest BCUT2D eigenvalue weighted by atomic mass is 16.5. The van der Waals surface area contributed by atoms with Crippen LogP contribution in [-0.2, 0) is 0 Å². The molecule has 0 spiro atoms. The smallest absolute Gasteiger partial charge is 0.265 e. The summed E-state index contributed by atoms with van der Waals surface area (Å²) in [7, 11) is 3.83. The van der Waals surface area contributed by atoms with Crippen molar-refractivity contribution < 1.29 is 4.52 Å². The van der Waals surface area contributed by atoms with Crippen LogP contribution < -0.4 is 9.80 Å². The van der Waals surface area contributed by atoms with Gasteiger partial charge in [0.15, 0.2) is 0 Å². The number of benzene rings is 2. The van der Waals surface area contributed by atoms with Crippen molar-refractivity contribution in [2.45, 2.75) is 18.8 Å². The molecular formula is C23H24N6O. The maximum atomic E-state index is 5.54. The lowest BCUT2D eigenvalue weighted by atomic mass is 9.98. The van der Waals surface area contributed by atoms with E-state index in [1.807, 2.05) is 49.3 Å². The topological polar surface area (TPSA) is 71.2 Å². The largest absolute Gasteiger partial charge is 0.344 e. The number of piperidine rings is 1. The van der Waals surface area contributed by atoms with Gasteiger partial charge in [0, 0.05) is 38.1 Å². The fourth-order valence-corrected chi connectivity index (χ4v) is 3.96. The van der Waals surface area contributed by atoms with E-state index in [0.717, 1.165) is 54.0 Å². The molecule has 1 saturated heterocycles. The zero-order valence-electron chi connectivity index (χ0n) is 17.2. The van der Waals surface area contributed by atoms with E-state index in [-0.39, 0.29) is 5.92 Å². The van der Waals surface area contributed by atoms with Crippen molar-refractivity contribution in [1.82, 2.24) is 20.1 Å². The molecule has 2 aromatic heterocycles. The zero-order valence-corrected chi connectivity index (χ0v) is 17.2. The van der Waals surface area contributed by atoms with Crippen molar-refractivity contribution >= 4 is 22.8 Å². The summed E-state index contributed by atoms with van der Waals surface area (Å²) in [6.45, 7) is 1.68. The summed E-state index contributed by atoms with van der Waals surface area (Å²) in [6.07, 6.45) is 2.05. The van der Waals surface area contributed by atoms with Gasteiger partial charge in [0.25, 0.3) is 5.95 Å². The molecule has 1 aliphatic heterocycles. The van der Waals surface area contributed by atoms with Gasteiger partial charge < -0.3 is 14.3 Å². The van der Waals surface area contributed by atoms with Crippen LogP contribution in [0.1, 0.15) is 24.7 Å². The van der Waals surface area contributed by atoms with E-state index in [2.05, 4.69) is 39.3 Å². The molecule has 0 saturated carbocycles. The fourth-order valence-electron chi connectivity index (χ4n) is 3.96. The van der Waals surface area contributed by atoms with Crippen LogP contribution in [-0.4, -0.2) is 47.3 Å². The summed E-state index contributed by atoms with van der Waals surface area (Å²) >= 11 is 0. The van der Waals surface area contributed by atoms with Crippen LogP contribution in [0.2, 0.25) is 0 Å². The standard InChI is InChI=1S/C23H24N6O/c1-28(2)23-26-21(30-27-23)17-11-8-14-29(15-17)22-24-19-13-7-6-12-18(19)20(25-22)16-9-4-3-5-10-16/h3-7,9-10,12-13,17H,8,11,14-15H2,1-2H3. The summed E-state index contributed by atoms with van der Waals surface area (Å²) in [4.78, 5) is 18.5. The van der Waals surface area contributed by atoms with Crippen LogP contribution in [0.4, 0.5) is 11.9 Å². The van der Waals surface area contributed by atoms with Crippen LogP contribution in [0, 0.1) is 0 Å². The van der Waals surface area contributed by atoms with E-state index >= 15 is 0 Å². The van der Waals surface area contributed by atoms with Crippen molar-refractivity contribution in [3.05, 3.63) is 60.5 Å². The van der Waals surface area contributed by atoms with Gasteiger partial charge in [0.1, 0.15) is 0 Å². The lowest BCUT2D eigenvalue weighted by Gasteiger charge is -2.31. The molecule has 30 heavy (non-hydrogen) atoms. The number of nitrogens with zero attached hydrogens (tertiary/aromatic N) is 6. The third kappa shape index (κ3) is 3.47. The second kappa shape index (κ2) is 7.74. The third-order valence-electron chi connectivity index (χ3n) is 5.52. The van der Waals surface area contributed by atoms with Crippen molar-refractivity contribution in [1.29, 1.82) is 0 Å². The van der Waals surface area contributed by atoms with E-state index in [0.29, 0.717) is 11.8 Å². The minimum atomic E-state index is 0.176. The van der Waals surface area contributed by atoms with Crippen LogP contribution in [0.15, 0.2) is 59.1 Å². The van der Waals surface area contributed by atoms with E-state index in [4.69, 9.17) is 14.5 Å². The SMILES string of the molecule is CN(C)c1noc(C2CCCN(c3nc(-c4ccccc4)c4ccccc4n3)C2)n1. The van der Waals surface area contributed by atoms with Crippen LogP contribution in [0.3, 0.4) is 0 Å². The van der Waals surface area contributed by atoms with Gasteiger partial charge in [-0.3, -0.25) is 0 Å². The monoisotopic (exact) mass is 400 g/mol. The number of hydrogen-bond donors (Lipinski definition) is 0. The molecule has 1 atom stereocenters. The second-order valence-corrected chi connectivity index (χ2v) is 7.87. The Morgan fingerprint density at radius 3 is 2.57 bits per heavy atom. The summed E-state index contributed by atoms with van der Waals surface area (Å²) in [6, 6.07) is 18.5. The third-order valence-corrected chi connectivity index (χ3v) is 5.52. The molecular weight excluding hydrogens is 376 g/mol. The average Bonchev–Trinajstić information content (AvgIpc) is 3.30. The first-order valence-electron chi connectivity index (χ1n) is 10.3. The Kier molecular flexibility index (Phi) is 4.78. The molecule has 3 heterocycles. The lowest BCUT2D eigenvalue weighted by molar-refractivity contribution is 0.332. The first kappa shape index (κ1) is 18.5. The predicted molar refractivity (Wildman–Crippen MR) is 118 cm³/mol. The molecule has 0 N–H and O–H groups in total. The fraction of sp³-hybridized carbons (Fsp3) is 0.304. The number of rotatable bonds is 4. The molecule has 2 aromatic carbocycles. The van der Waals surface area contributed by atoms with Crippen molar-refractivity contribution in [2.75, 3.05) is 37.0 Å². The highest BCUT2D eigenvalue weighted by molar-refractivity contribution is 5.93. The quantitative estimate of drug-likeness (QED) is 0.510. The van der Waals surface area contributed by atoms with Crippen molar-refractivity contribution in [3.8, 4) is 11.3 Å². The van der Waals surface area contributed by atoms with Gasteiger partial charge in [0.05, 0.1) is 17.1 Å². The van der Waals surface area contributed by atoms with Gasteiger partial charge in [-0.2, -0.15) is 4.98 Å². The number of fused-ring (bicyclic) bond motifs is 1. The molecule has 0 radical (unpaired) electrons. The molecule has 7 nitrogen and oxygen atoms in total. The van der Waals surface area contributed by atoms with E-state index in [1.54, 1.807) is 0 Å². The molecule has 1 fully saturated rings. The minimum Gasteiger partial charge on any atom is -0.344 e. The van der Waals surface area contributed by atoms with Gasteiger partial charge in [-0.05, 0) is 24.1 Å². The summed E-state index contributed by atoms with van der Waals surface area (Å²) in [5.41, 5.74) is 3.01. The van der Waals surface area contributed by atoms with Crippen LogP contribution in [0.5, 0.6) is 0 Å². The van der Waals surface area contributed by atoms with E-state index in [1.165, 1.54) is 0 Å². The van der Waals surface area contributed by atoms with Gasteiger partial charge in [0.2, 0.25) is 11.8 Å². The predicted octanol–water partition coefficient (Wildman–Crippen LogP) is 4.13. The van der Waals surface area contributed by atoms with Crippen LogP contribution >= 0.6 is 0 Å². The van der Waals surface area contributed by atoms with Gasteiger partial charge >= 0.3 is 0 Å². The number of anilines is 2. The van der Waals surface area contributed by atoms with Crippen LogP contribution in [0.25, 0.3) is 22.2 Å². The Morgan fingerprint density at radius 2 is 1.77 bits per heavy atom. The molecule has 0 amide bonds. The van der Waals surface area contributed by atoms with Crippen molar-refractivity contribution in [3.63, 3.8) is 0 Å². The van der Waals surface area contributed by atoms with Gasteiger partial charge in [-0.15, -0.1) is 0 Å². The Balaban J connectivity index is 1.51. The first-order chi connectivity index (χ1) is 14.7. The lowest BCUT2D eigenvalue weighted by Crippen LogP contribution is -2.35. The highest BCUT2D eigenvalue weighted by Crippen LogP contribution is 2.32. The number of para-hydroxylation sites is 1. The Hall–Kier alpha value is -3.48. The summed E-state index contributed by atoms with van der Waals surface area (Å²) < 4.78 is 5.54. The van der Waals surface area contributed by atoms with Crippen molar-refractivity contribution in [2.24, 2.45) is 0 Å². The molecule has 5 rings (SSSR count). The zero-order chi connectivity index (χ0) is 20.5. The molecule has 0 aliphatic carbocycles. The highest BCUT2D eigenvalue weighted by Gasteiger charge is 2.28. The molecule has 1 aliphatic rings. The Labute approximate surface area is 175 Å². The number of hydrogen-bond acceptors (Lipinski definition) is 7. The molecule has 0 bridgehead atoms. The molecule has 152 valence electrons. The number of aromatic nitrogens is 4. The van der Waals surface area contributed by atoms with E-state index in [9.17, 15) is 0 Å². The first-order valence-corrected chi connectivity index (χ1v) is 10.3. The van der Waals surface area contributed by atoms with Gasteiger partial charge in [-0.25, -0.2) is 9.97 Å². The van der Waals surface area contributed by atoms with E-state index < -0.39 is 0 Å². The minimum absolute atomic E-state index is 0.176. The molecule has 4 aromatic rings. The maximum Gasteiger partial charge on any atom is 0.265 e. The summed E-state index contributed by atoms with van der Waals surface area (Å²) in [5, 5.41) is 5.14. The molecule has 7 heteroatoms. The van der Waals surface area contributed by atoms with Gasteiger partial charge in [-0.1, -0.05) is 48.5 Å². The maximum absolute atomic E-state index is 5.54. The Bertz CT molecular complexity index is 1160. The normalized spacial score (nSPS) is 16.7. The molecule has 1 unspecified atom stereocenters. The average molecular weight is 400 g/mol. The Morgan fingerprint density at radius 1 is 0.967 bits per heavy atom. The second-order valence-electron chi connectivity index (χ2n) is 7.87.